The average Bonchev–Trinajstić information content (AvgIpc) is 2.30. The molecule has 0 heterocycles. The zero-order chi connectivity index (χ0) is 13.1. The molecule has 0 aliphatic heterocycles. The van der Waals surface area contributed by atoms with Crippen LogP contribution in [0.15, 0.2) is 0 Å². The lowest BCUT2D eigenvalue weighted by Crippen LogP contribution is -2.20. The van der Waals surface area contributed by atoms with Gasteiger partial charge in [0.1, 0.15) is 0 Å². The van der Waals surface area contributed by atoms with Crippen molar-refractivity contribution < 1.29 is 9.53 Å². The fraction of sp³-hybridized carbons (Fsp3) is 0.933. The summed E-state index contributed by atoms with van der Waals surface area (Å²) < 4.78 is 5.34. The van der Waals surface area contributed by atoms with Crippen LogP contribution in [0.2, 0.25) is 0 Å². The van der Waals surface area contributed by atoms with Crippen molar-refractivity contribution in [1.82, 2.24) is 0 Å². The van der Waals surface area contributed by atoms with Crippen LogP contribution in [0.3, 0.4) is 0 Å². The molecule has 0 aromatic carbocycles. The summed E-state index contributed by atoms with van der Waals surface area (Å²) in [5.74, 6) is 0.592. The van der Waals surface area contributed by atoms with Gasteiger partial charge in [0.15, 0.2) is 0 Å². The van der Waals surface area contributed by atoms with Gasteiger partial charge in [0.25, 0.3) is 0 Å². The van der Waals surface area contributed by atoms with Crippen LogP contribution in [0.1, 0.15) is 72.6 Å². The largest absolute Gasteiger partial charge is 0.465 e. The Hall–Kier alpha value is -0.530. The van der Waals surface area contributed by atoms with E-state index in [0.29, 0.717) is 12.5 Å². The van der Waals surface area contributed by atoms with E-state index in [1.165, 1.54) is 19.3 Å². The second kappa shape index (κ2) is 10.6. The Morgan fingerprint density at radius 1 is 1.00 bits per heavy atom. The second-order valence-electron chi connectivity index (χ2n) is 5.36. The van der Waals surface area contributed by atoms with E-state index in [0.717, 1.165) is 25.7 Å². The van der Waals surface area contributed by atoms with Gasteiger partial charge in [-0.1, -0.05) is 59.8 Å². The van der Waals surface area contributed by atoms with Crippen LogP contribution in [0.4, 0.5) is 0 Å². The minimum atomic E-state index is 0.0250. The maximum absolute atomic E-state index is 11.9. The quantitative estimate of drug-likeness (QED) is 0.414. The predicted molar refractivity (Wildman–Crippen MR) is 73.0 cm³/mol. The van der Waals surface area contributed by atoms with Crippen molar-refractivity contribution in [3.8, 4) is 0 Å². The molecule has 0 bridgehead atoms. The van der Waals surface area contributed by atoms with Gasteiger partial charge in [-0.25, -0.2) is 0 Å². The van der Waals surface area contributed by atoms with E-state index in [1.807, 2.05) is 0 Å². The number of hydrogen-bond donors (Lipinski definition) is 0. The molecule has 102 valence electrons. The van der Waals surface area contributed by atoms with E-state index in [-0.39, 0.29) is 11.9 Å². The molecule has 0 amide bonds. The molecule has 0 aromatic rings. The van der Waals surface area contributed by atoms with Crippen LogP contribution in [0.25, 0.3) is 0 Å². The van der Waals surface area contributed by atoms with Crippen LogP contribution in [0, 0.1) is 11.8 Å². The first kappa shape index (κ1) is 16.5. The van der Waals surface area contributed by atoms with Gasteiger partial charge in [-0.15, -0.1) is 0 Å². The van der Waals surface area contributed by atoms with Crippen molar-refractivity contribution in [3.05, 3.63) is 0 Å². The average molecular weight is 242 g/mol. The van der Waals surface area contributed by atoms with Crippen LogP contribution < -0.4 is 0 Å². The van der Waals surface area contributed by atoms with Gasteiger partial charge in [0.05, 0.1) is 12.5 Å². The highest BCUT2D eigenvalue weighted by atomic mass is 16.5. The summed E-state index contributed by atoms with van der Waals surface area (Å²) >= 11 is 0. The van der Waals surface area contributed by atoms with Gasteiger partial charge < -0.3 is 4.74 Å². The van der Waals surface area contributed by atoms with E-state index < -0.39 is 0 Å². The minimum Gasteiger partial charge on any atom is -0.465 e. The molecular weight excluding hydrogens is 212 g/mol. The van der Waals surface area contributed by atoms with Crippen LogP contribution in [0.5, 0.6) is 0 Å². The van der Waals surface area contributed by atoms with Gasteiger partial charge in [-0.05, 0) is 18.8 Å². The van der Waals surface area contributed by atoms with Gasteiger partial charge in [-0.3, -0.25) is 4.79 Å². The van der Waals surface area contributed by atoms with E-state index in [1.54, 1.807) is 0 Å². The predicted octanol–water partition coefficient (Wildman–Crippen LogP) is 4.57. The van der Waals surface area contributed by atoms with Crippen LogP contribution in [-0.4, -0.2) is 12.6 Å². The zero-order valence-electron chi connectivity index (χ0n) is 12.1. The van der Waals surface area contributed by atoms with E-state index in [2.05, 4.69) is 27.7 Å². The molecule has 0 radical (unpaired) electrons. The molecular formula is C15H30O2. The first-order valence-corrected chi connectivity index (χ1v) is 7.28. The summed E-state index contributed by atoms with van der Waals surface area (Å²) in [6, 6.07) is 0. The Labute approximate surface area is 107 Å². The van der Waals surface area contributed by atoms with Crippen LogP contribution in [-0.2, 0) is 9.53 Å². The van der Waals surface area contributed by atoms with Gasteiger partial charge in [0.2, 0.25) is 0 Å². The molecule has 0 N–H and O–H groups in total. The molecule has 0 rings (SSSR count). The lowest BCUT2D eigenvalue weighted by molar-refractivity contribution is -0.150. The summed E-state index contributed by atoms with van der Waals surface area (Å²) in [7, 11) is 0. The Morgan fingerprint density at radius 3 is 2.24 bits per heavy atom. The van der Waals surface area contributed by atoms with E-state index in [4.69, 9.17) is 4.74 Å². The number of unbranched alkanes of at least 4 members (excludes halogenated alkanes) is 3. The van der Waals surface area contributed by atoms with Crippen molar-refractivity contribution in [2.75, 3.05) is 6.61 Å². The molecule has 2 nitrogen and oxygen atoms in total. The highest BCUT2D eigenvalue weighted by molar-refractivity contribution is 5.72. The third-order valence-corrected chi connectivity index (χ3v) is 2.94. The highest BCUT2D eigenvalue weighted by Gasteiger charge is 2.18. The number of carbonyl (C=O) groups is 1. The summed E-state index contributed by atoms with van der Waals surface area (Å²) in [5.41, 5.74) is 0. The second-order valence-corrected chi connectivity index (χ2v) is 5.36. The van der Waals surface area contributed by atoms with Crippen molar-refractivity contribution in [2.24, 2.45) is 11.8 Å². The maximum Gasteiger partial charge on any atom is 0.308 e. The highest BCUT2D eigenvalue weighted by Crippen LogP contribution is 2.18. The molecule has 17 heavy (non-hydrogen) atoms. The summed E-state index contributed by atoms with van der Waals surface area (Å²) in [6.45, 7) is 9.05. The summed E-state index contributed by atoms with van der Waals surface area (Å²) in [6.07, 6.45) is 7.97. The molecule has 0 fully saturated rings. The minimum absolute atomic E-state index is 0.0250. The molecule has 0 saturated carbocycles. The normalized spacial score (nSPS) is 12.8. The molecule has 2 heteroatoms. The summed E-state index contributed by atoms with van der Waals surface area (Å²) in [5, 5.41) is 0. The topological polar surface area (TPSA) is 26.3 Å². The molecule has 0 aliphatic carbocycles. The number of ether oxygens (including phenoxy) is 1. The monoisotopic (exact) mass is 242 g/mol. The zero-order valence-corrected chi connectivity index (χ0v) is 12.1. The van der Waals surface area contributed by atoms with Crippen molar-refractivity contribution in [2.45, 2.75) is 72.6 Å². The standard InChI is InChI=1S/C15H30O2/c1-5-7-8-9-11-14(10-6-2)15(16)17-12-13(3)4/h13-14H,5-12H2,1-4H3. The molecule has 1 unspecified atom stereocenters. The Morgan fingerprint density at radius 2 is 1.71 bits per heavy atom. The van der Waals surface area contributed by atoms with Gasteiger partial charge >= 0.3 is 5.97 Å². The van der Waals surface area contributed by atoms with Crippen molar-refractivity contribution in [3.63, 3.8) is 0 Å². The molecule has 0 saturated heterocycles. The number of rotatable bonds is 10. The Bertz CT molecular complexity index is 187. The van der Waals surface area contributed by atoms with Crippen molar-refractivity contribution >= 4 is 5.97 Å². The summed E-state index contributed by atoms with van der Waals surface area (Å²) in [4.78, 5) is 11.9. The molecule has 0 spiro atoms. The lowest BCUT2D eigenvalue weighted by Gasteiger charge is -2.16. The lowest BCUT2D eigenvalue weighted by atomic mass is 9.96. The van der Waals surface area contributed by atoms with E-state index in [9.17, 15) is 4.79 Å². The number of hydrogen-bond acceptors (Lipinski definition) is 2. The SMILES string of the molecule is CCCCCCC(CCC)C(=O)OCC(C)C. The van der Waals surface area contributed by atoms with Crippen LogP contribution >= 0.6 is 0 Å². The Balaban J connectivity index is 3.89. The smallest absolute Gasteiger partial charge is 0.308 e. The molecule has 1 atom stereocenters. The van der Waals surface area contributed by atoms with Crippen molar-refractivity contribution in [1.29, 1.82) is 0 Å². The molecule has 0 aromatic heterocycles. The maximum atomic E-state index is 11.9. The van der Waals surface area contributed by atoms with E-state index >= 15 is 0 Å². The first-order chi connectivity index (χ1) is 8.11. The first-order valence-electron chi connectivity index (χ1n) is 7.28. The third-order valence-electron chi connectivity index (χ3n) is 2.94. The molecule has 0 aliphatic rings. The number of esters is 1. The number of carbonyl (C=O) groups excluding carboxylic acids is 1. The Kier molecular flexibility index (Phi) is 10.3. The fourth-order valence-corrected chi connectivity index (χ4v) is 1.91. The van der Waals surface area contributed by atoms with Gasteiger partial charge in [-0.2, -0.15) is 0 Å². The van der Waals surface area contributed by atoms with Gasteiger partial charge in [0, 0.05) is 0 Å². The fourth-order valence-electron chi connectivity index (χ4n) is 1.91. The third kappa shape index (κ3) is 9.20.